The van der Waals surface area contributed by atoms with Crippen molar-refractivity contribution >= 4 is 11.0 Å². The molecule has 0 atom stereocenters. The molecule has 0 amide bonds. The van der Waals surface area contributed by atoms with Crippen LogP contribution in [0.15, 0.2) is 48.7 Å². The topological polar surface area (TPSA) is 21.7 Å². The van der Waals surface area contributed by atoms with Gasteiger partial charge in [-0.2, -0.15) is 0 Å². The molecule has 3 nitrogen and oxygen atoms in total. The number of aromatic nitrogens is 3. The summed E-state index contributed by atoms with van der Waals surface area (Å²) in [5.74, 6) is 1.14. The number of aryl methyl sites for hydroxylation is 4. The Morgan fingerprint density at radius 1 is 0.962 bits per heavy atom. The molecule has 0 fully saturated rings. The highest BCUT2D eigenvalue weighted by Gasteiger charge is 2.26. The molecule has 0 aliphatic carbocycles. The molecule has 0 N–H and O–H groups in total. The highest BCUT2D eigenvalue weighted by atomic mass is 15.1. The summed E-state index contributed by atoms with van der Waals surface area (Å²) in [5, 5.41) is 0. The molecule has 0 spiro atoms. The average molecular weight is 340 g/mol. The standard InChI is InChI=1S/C23H22N3/c1-14-9-10-19-23(22(14)20-11-15(2)16(3)13-25(20)4)24-21-12-17-7-5-6-8-18(17)26(19)21/h5-11,13H,12H2,1-4H3/q+1. The van der Waals surface area contributed by atoms with Crippen molar-refractivity contribution in [1.82, 2.24) is 9.55 Å². The van der Waals surface area contributed by atoms with Gasteiger partial charge in [0.25, 0.3) is 0 Å². The quantitative estimate of drug-likeness (QED) is 0.416. The van der Waals surface area contributed by atoms with E-state index in [4.69, 9.17) is 4.98 Å². The zero-order chi connectivity index (χ0) is 18.0. The van der Waals surface area contributed by atoms with E-state index in [2.05, 4.69) is 85.6 Å². The van der Waals surface area contributed by atoms with Crippen LogP contribution in [-0.2, 0) is 13.5 Å². The Hall–Kier alpha value is -2.94. The number of rotatable bonds is 1. The van der Waals surface area contributed by atoms with E-state index >= 15 is 0 Å². The van der Waals surface area contributed by atoms with Gasteiger partial charge in [-0.1, -0.05) is 24.3 Å². The lowest BCUT2D eigenvalue weighted by atomic mass is 10.00. The second kappa shape index (κ2) is 5.28. The lowest BCUT2D eigenvalue weighted by Gasteiger charge is -2.09. The molecule has 2 aromatic heterocycles. The average Bonchev–Trinajstić information content (AvgIpc) is 3.14. The maximum absolute atomic E-state index is 5.09. The van der Waals surface area contributed by atoms with Crippen LogP contribution in [0.3, 0.4) is 0 Å². The van der Waals surface area contributed by atoms with Crippen molar-refractivity contribution in [1.29, 1.82) is 0 Å². The Kier molecular flexibility index (Phi) is 3.11. The number of fused-ring (bicyclic) bond motifs is 5. The summed E-state index contributed by atoms with van der Waals surface area (Å²) in [7, 11) is 2.12. The number of hydrogen-bond donors (Lipinski definition) is 0. The van der Waals surface area contributed by atoms with E-state index in [1.54, 1.807) is 0 Å². The molecular formula is C23H22N3+. The third kappa shape index (κ3) is 2.00. The van der Waals surface area contributed by atoms with Gasteiger partial charge in [0.2, 0.25) is 5.69 Å². The number of pyridine rings is 1. The molecule has 4 aromatic rings. The van der Waals surface area contributed by atoms with Crippen LogP contribution in [0.5, 0.6) is 0 Å². The zero-order valence-electron chi connectivity index (χ0n) is 15.7. The third-order valence-electron chi connectivity index (χ3n) is 5.68. The summed E-state index contributed by atoms with van der Waals surface area (Å²) >= 11 is 0. The van der Waals surface area contributed by atoms with Crippen LogP contribution in [0, 0.1) is 20.8 Å². The Morgan fingerprint density at radius 2 is 1.77 bits per heavy atom. The van der Waals surface area contributed by atoms with Gasteiger partial charge in [-0.3, -0.25) is 4.57 Å². The van der Waals surface area contributed by atoms with Crippen molar-refractivity contribution in [3.05, 3.63) is 76.7 Å². The largest absolute Gasteiger partial charge is 0.296 e. The van der Waals surface area contributed by atoms with Crippen molar-refractivity contribution in [3.8, 4) is 16.9 Å². The first-order valence-corrected chi connectivity index (χ1v) is 9.11. The van der Waals surface area contributed by atoms with E-state index in [-0.39, 0.29) is 0 Å². The predicted octanol–water partition coefficient (Wildman–Crippen LogP) is 4.35. The molecule has 0 saturated carbocycles. The Labute approximate surface area is 153 Å². The van der Waals surface area contributed by atoms with Gasteiger partial charge in [-0.15, -0.1) is 0 Å². The Balaban J connectivity index is 1.85. The number of nitrogens with zero attached hydrogens (tertiary/aromatic N) is 3. The molecule has 128 valence electrons. The fourth-order valence-electron chi connectivity index (χ4n) is 4.18. The first-order chi connectivity index (χ1) is 12.5. The minimum atomic E-state index is 0.905. The van der Waals surface area contributed by atoms with E-state index in [1.165, 1.54) is 44.7 Å². The molecule has 2 aromatic carbocycles. The second-order valence-electron chi connectivity index (χ2n) is 7.43. The maximum atomic E-state index is 5.09. The molecule has 5 rings (SSSR count). The second-order valence-corrected chi connectivity index (χ2v) is 7.43. The smallest absolute Gasteiger partial charge is 0.215 e. The highest BCUT2D eigenvalue weighted by molar-refractivity contribution is 5.94. The highest BCUT2D eigenvalue weighted by Crippen LogP contribution is 2.36. The van der Waals surface area contributed by atoms with Crippen LogP contribution in [0.2, 0.25) is 0 Å². The molecule has 0 unspecified atom stereocenters. The minimum absolute atomic E-state index is 0.905. The number of imidazole rings is 1. The first-order valence-electron chi connectivity index (χ1n) is 9.11. The van der Waals surface area contributed by atoms with Crippen LogP contribution < -0.4 is 4.57 Å². The molecule has 0 bridgehead atoms. The number of hydrogen-bond acceptors (Lipinski definition) is 1. The van der Waals surface area contributed by atoms with E-state index in [0.29, 0.717) is 0 Å². The summed E-state index contributed by atoms with van der Waals surface area (Å²) in [5.41, 5.74) is 11.3. The fourth-order valence-corrected chi connectivity index (χ4v) is 4.18. The van der Waals surface area contributed by atoms with Gasteiger partial charge < -0.3 is 0 Å². The summed E-state index contributed by atoms with van der Waals surface area (Å²) in [6.07, 6.45) is 3.12. The van der Waals surface area contributed by atoms with Crippen LogP contribution in [0.1, 0.15) is 28.1 Å². The predicted molar refractivity (Wildman–Crippen MR) is 105 cm³/mol. The van der Waals surface area contributed by atoms with E-state index < -0.39 is 0 Å². The van der Waals surface area contributed by atoms with Gasteiger partial charge in [0.1, 0.15) is 18.4 Å². The summed E-state index contributed by atoms with van der Waals surface area (Å²) in [6, 6.07) is 15.3. The van der Waals surface area contributed by atoms with Crippen molar-refractivity contribution in [3.63, 3.8) is 0 Å². The third-order valence-corrected chi connectivity index (χ3v) is 5.68. The van der Waals surface area contributed by atoms with Crippen molar-refractivity contribution in [2.45, 2.75) is 27.2 Å². The lowest BCUT2D eigenvalue weighted by Crippen LogP contribution is -2.31. The molecule has 26 heavy (non-hydrogen) atoms. The Morgan fingerprint density at radius 3 is 2.62 bits per heavy atom. The summed E-state index contributed by atoms with van der Waals surface area (Å²) < 4.78 is 4.55. The normalized spacial score (nSPS) is 12.5. The molecular weight excluding hydrogens is 318 g/mol. The van der Waals surface area contributed by atoms with Gasteiger partial charge in [0.05, 0.1) is 16.8 Å². The Bertz CT molecular complexity index is 1200. The van der Waals surface area contributed by atoms with Crippen LogP contribution in [0.25, 0.3) is 28.0 Å². The molecule has 3 heterocycles. The van der Waals surface area contributed by atoms with Crippen LogP contribution in [0.4, 0.5) is 0 Å². The summed E-state index contributed by atoms with van der Waals surface area (Å²) in [6.45, 7) is 6.52. The minimum Gasteiger partial charge on any atom is -0.296 e. The SMILES string of the molecule is Cc1cc(-c2c(C)ccc3c2nc2n3-c3ccccc3C2)[n+](C)cc1C. The molecule has 3 heteroatoms. The van der Waals surface area contributed by atoms with Crippen molar-refractivity contribution in [2.24, 2.45) is 7.05 Å². The van der Waals surface area contributed by atoms with E-state index in [0.717, 1.165) is 17.8 Å². The monoisotopic (exact) mass is 340 g/mol. The fraction of sp³-hybridized carbons (Fsp3) is 0.217. The number of benzene rings is 2. The summed E-state index contributed by atoms with van der Waals surface area (Å²) in [4.78, 5) is 5.09. The maximum Gasteiger partial charge on any atom is 0.215 e. The van der Waals surface area contributed by atoms with Crippen molar-refractivity contribution < 1.29 is 4.57 Å². The molecule has 1 aliphatic rings. The van der Waals surface area contributed by atoms with E-state index in [9.17, 15) is 0 Å². The zero-order valence-corrected chi connectivity index (χ0v) is 15.7. The van der Waals surface area contributed by atoms with Gasteiger partial charge in [-0.05, 0) is 49.6 Å². The first kappa shape index (κ1) is 15.3. The van der Waals surface area contributed by atoms with Gasteiger partial charge in [0, 0.05) is 18.1 Å². The number of para-hydroxylation sites is 1. The van der Waals surface area contributed by atoms with Crippen LogP contribution in [-0.4, -0.2) is 9.55 Å². The van der Waals surface area contributed by atoms with Crippen LogP contribution >= 0.6 is 0 Å². The molecule has 1 aliphatic heterocycles. The molecule has 0 radical (unpaired) electrons. The van der Waals surface area contributed by atoms with E-state index in [1.807, 2.05) is 0 Å². The van der Waals surface area contributed by atoms with Gasteiger partial charge in [-0.25, -0.2) is 9.55 Å². The van der Waals surface area contributed by atoms with Gasteiger partial charge >= 0.3 is 0 Å². The van der Waals surface area contributed by atoms with Crippen molar-refractivity contribution in [2.75, 3.05) is 0 Å². The lowest BCUT2D eigenvalue weighted by molar-refractivity contribution is -0.660. The van der Waals surface area contributed by atoms with Gasteiger partial charge in [0.15, 0.2) is 6.20 Å². The molecule has 0 saturated heterocycles.